The third kappa shape index (κ3) is 8.56. The topological polar surface area (TPSA) is 105 Å². The molecule has 0 spiro atoms. The zero-order valence-electron chi connectivity index (χ0n) is 16.1. The van der Waals surface area contributed by atoms with Crippen LogP contribution in [0.25, 0.3) is 0 Å². The molecule has 3 N–H and O–H groups in total. The van der Waals surface area contributed by atoms with E-state index in [1.54, 1.807) is 30.3 Å². The molecular formula is C20H27BrN2O5. The minimum atomic E-state index is -1.14. The number of rotatable bonds is 12. The summed E-state index contributed by atoms with van der Waals surface area (Å²) in [5.41, 5.74) is 0.739. The molecule has 1 rings (SSSR count). The molecule has 2 amide bonds. The average molecular weight is 455 g/mol. The zero-order chi connectivity index (χ0) is 21.1. The summed E-state index contributed by atoms with van der Waals surface area (Å²) in [7, 11) is 0. The van der Waals surface area contributed by atoms with Crippen molar-refractivity contribution in [3.05, 3.63) is 42.5 Å². The van der Waals surface area contributed by atoms with E-state index in [1.807, 2.05) is 13.8 Å². The van der Waals surface area contributed by atoms with Crippen LogP contribution in [0.3, 0.4) is 0 Å². The Hall–Kier alpha value is -2.35. The highest BCUT2D eigenvalue weighted by Gasteiger charge is 2.27. The highest BCUT2D eigenvalue weighted by atomic mass is 79.9. The molecular weight excluding hydrogens is 428 g/mol. The monoisotopic (exact) mass is 454 g/mol. The number of alkyl halides is 1. The Balaban J connectivity index is 2.80. The summed E-state index contributed by atoms with van der Waals surface area (Å²) in [6, 6.07) is 5.07. The van der Waals surface area contributed by atoms with E-state index in [0.717, 1.165) is 5.56 Å². The number of aliphatic carboxylic acids is 1. The van der Waals surface area contributed by atoms with Gasteiger partial charge in [-0.25, -0.2) is 4.79 Å². The number of nitrogens with one attached hydrogen (secondary N) is 2. The maximum atomic E-state index is 12.6. The molecule has 0 heterocycles. The van der Waals surface area contributed by atoms with Gasteiger partial charge in [-0.15, -0.1) is 0 Å². The Labute approximate surface area is 173 Å². The smallest absolute Gasteiger partial charge is 0.326 e. The second kappa shape index (κ2) is 12.2. The molecule has 1 aromatic rings. The van der Waals surface area contributed by atoms with E-state index in [2.05, 4.69) is 33.1 Å². The Morgan fingerprint density at radius 1 is 1.18 bits per heavy atom. The summed E-state index contributed by atoms with van der Waals surface area (Å²) in [5, 5.41) is 14.7. The maximum Gasteiger partial charge on any atom is 0.326 e. The molecule has 154 valence electrons. The Morgan fingerprint density at radius 3 is 2.32 bits per heavy atom. The van der Waals surface area contributed by atoms with Crippen molar-refractivity contribution in [2.45, 2.75) is 38.8 Å². The molecule has 0 bridgehead atoms. The van der Waals surface area contributed by atoms with Gasteiger partial charge in [-0.1, -0.05) is 54.6 Å². The molecule has 0 saturated heterocycles. The van der Waals surface area contributed by atoms with Crippen LogP contribution >= 0.6 is 15.9 Å². The van der Waals surface area contributed by atoms with Gasteiger partial charge in [-0.2, -0.15) is 0 Å². The van der Waals surface area contributed by atoms with Crippen LogP contribution in [0.5, 0.6) is 5.75 Å². The van der Waals surface area contributed by atoms with Crippen molar-refractivity contribution in [2.24, 2.45) is 5.92 Å². The molecule has 0 aromatic heterocycles. The lowest BCUT2D eigenvalue weighted by Crippen LogP contribution is -2.52. The predicted molar refractivity (Wildman–Crippen MR) is 111 cm³/mol. The van der Waals surface area contributed by atoms with Crippen LogP contribution in [-0.4, -0.2) is 46.9 Å². The van der Waals surface area contributed by atoms with Gasteiger partial charge >= 0.3 is 5.97 Å². The third-order valence-corrected chi connectivity index (χ3v) is 4.34. The summed E-state index contributed by atoms with van der Waals surface area (Å²) in [6.07, 6.45) is 2.15. The lowest BCUT2D eigenvalue weighted by molar-refractivity contribution is -0.142. The maximum absolute atomic E-state index is 12.6. The number of carbonyl (C=O) groups excluding carboxylic acids is 2. The number of hydrogen-bond acceptors (Lipinski definition) is 4. The van der Waals surface area contributed by atoms with Crippen molar-refractivity contribution in [1.82, 2.24) is 10.6 Å². The Bertz CT molecular complexity index is 676. The zero-order valence-corrected chi connectivity index (χ0v) is 17.7. The molecule has 0 saturated carbocycles. The Morgan fingerprint density at radius 2 is 1.82 bits per heavy atom. The first-order chi connectivity index (χ1) is 13.3. The van der Waals surface area contributed by atoms with Gasteiger partial charge in [-0.05, 0) is 30.0 Å². The minimum absolute atomic E-state index is 0.0670. The molecule has 7 nitrogen and oxygen atoms in total. The summed E-state index contributed by atoms with van der Waals surface area (Å²) < 4.78 is 5.39. The number of hydrogen-bond donors (Lipinski definition) is 3. The first-order valence-electron chi connectivity index (χ1n) is 8.98. The summed E-state index contributed by atoms with van der Waals surface area (Å²) in [6.45, 7) is 7.80. The van der Waals surface area contributed by atoms with E-state index >= 15 is 0 Å². The number of halogens is 1. The number of carbonyl (C=O) groups is 3. The van der Waals surface area contributed by atoms with Crippen LogP contribution in [-0.2, 0) is 20.8 Å². The number of benzene rings is 1. The van der Waals surface area contributed by atoms with Crippen molar-refractivity contribution >= 4 is 33.7 Å². The second-order valence-electron chi connectivity index (χ2n) is 6.73. The number of amides is 2. The highest BCUT2D eigenvalue weighted by molar-refractivity contribution is 9.09. The molecule has 2 atom stereocenters. The van der Waals surface area contributed by atoms with Crippen molar-refractivity contribution < 1.29 is 24.2 Å². The van der Waals surface area contributed by atoms with E-state index in [4.69, 9.17) is 4.74 Å². The van der Waals surface area contributed by atoms with Crippen molar-refractivity contribution in [3.63, 3.8) is 0 Å². The molecule has 0 aliphatic heterocycles. The van der Waals surface area contributed by atoms with Crippen LogP contribution in [0.2, 0.25) is 0 Å². The van der Waals surface area contributed by atoms with Gasteiger partial charge < -0.3 is 20.5 Å². The molecule has 8 heteroatoms. The lowest BCUT2D eigenvalue weighted by atomic mass is 10.0. The van der Waals surface area contributed by atoms with Gasteiger partial charge in [0, 0.05) is 6.42 Å². The fraction of sp³-hybridized carbons (Fsp3) is 0.450. The standard InChI is InChI=1S/C20H27BrN2O5/c1-4-9-28-15-7-5-14(6-8-15)11-17(20(26)27)23-19(25)16(10-13(2)3)22-18(24)12-21/h4-8,13,16-17H,1,9-12H2,2-3H3,(H,22,24)(H,23,25)(H,26,27)/t16-,17-/m0/s1. The molecule has 28 heavy (non-hydrogen) atoms. The first-order valence-corrected chi connectivity index (χ1v) is 10.1. The largest absolute Gasteiger partial charge is 0.490 e. The molecule has 0 aliphatic rings. The van der Waals surface area contributed by atoms with E-state index in [0.29, 0.717) is 18.8 Å². The van der Waals surface area contributed by atoms with Gasteiger partial charge in [0.05, 0.1) is 5.33 Å². The van der Waals surface area contributed by atoms with Crippen molar-refractivity contribution in [3.8, 4) is 5.75 Å². The summed E-state index contributed by atoms with van der Waals surface area (Å²) in [4.78, 5) is 35.9. The van der Waals surface area contributed by atoms with Crippen LogP contribution < -0.4 is 15.4 Å². The fourth-order valence-electron chi connectivity index (χ4n) is 2.52. The highest BCUT2D eigenvalue weighted by Crippen LogP contribution is 2.14. The van der Waals surface area contributed by atoms with Crippen molar-refractivity contribution in [1.29, 1.82) is 0 Å². The fourth-order valence-corrected chi connectivity index (χ4v) is 2.68. The number of ether oxygens (including phenoxy) is 1. The van der Waals surface area contributed by atoms with Crippen molar-refractivity contribution in [2.75, 3.05) is 11.9 Å². The van der Waals surface area contributed by atoms with Crippen LogP contribution in [0.15, 0.2) is 36.9 Å². The number of carboxylic acid groups (broad SMARTS) is 1. The van der Waals surface area contributed by atoms with Gasteiger partial charge in [0.25, 0.3) is 0 Å². The Kier molecular flexibility index (Phi) is 10.3. The van der Waals surface area contributed by atoms with Gasteiger partial charge in [-0.3, -0.25) is 9.59 Å². The first kappa shape index (κ1) is 23.7. The quantitative estimate of drug-likeness (QED) is 0.332. The van der Waals surface area contributed by atoms with Gasteiger partial charge in [0.2, 0.25) is 11.8 Å². The molecule has 0 aliphatic carbocycles. The predicted octanol–water partition coefficient (Wildman–Crippen LogP) is 2.29. The molecule has 1 aromatic carbocycles. The minimum Gasteiger partial charge on any atom is -0.490 e. The van der Waals surface area contributed by atoms with E-state index < -0.39 is 24.0 Å². The van der Waals surface area contributed by atoms with E-state index in [9.17, 15) is 19.5 Å². The SMILES string of the molecule is C=CCOc1ccc(C[C@H](NC(=O)[C@H](CC(C)C)NC(=O)CBr)C(=O)O)cc1. The van der Waals surface area contributed by atoms with E-state index in [-0.39, 0.29) is 23.6 Å². The van der Waals surface area contributed by atoms with Crippen LogP contribution in [0.4, 0.5) is 0 Å². The molecule has 0 radical (unpaired) electrons. The third-order valence-electron chi connectivity index (χ3n) is 3.83. The second-order valence-corrected chi connectivity index (χ2v) is 7.29. The van der Waals surface area contributed by atoms with E-state index in [1.165, 1.54) is 0 Å². The number of carboxylic acids is 1. The van der Waals surface area contributed by atoms with Crippen LogP contribution in [0.1, 0.15) is 25.8 Å². The average Bonchev–Trinajstić information content (AvgIpc) is 2.65. The molecule has 0 unspecified atom stereocenters. The lowest BCUT2D eigenvalue weighted by Gasteiger charge is -2.22. The van der Waals surface area contributed by atoms with Gasteiger partial charge in [0.15, 0.2) is 0 Å². The molecule has 0 fully saturated rings. The summed E-state index contributed by atoms with van der Waals surface area (Å²) in [5.74, 6) is -1.19. The van der Waals surface area contributed by atoms with Crippen LogP contribution in [0, 0.1) is 5.92 Å². The summed E-state index contributed by atoms with van der Waals surface area (Å²) >= 11 is 3.04. The van der Waals surface area contributed by atoms with Gasteiger partial charge in [0.1, 0.15) is 24.4 Å². The normalized spacial score (nSPS) is 12.7.